The summed E-state index contributed by atoms with van der Waals surface area (Å²) in [5.41, 5.74) is 8.97. The monoisotopic (exact) mass is 339 g/mol. The Morgan fingerprint density at radius 3 is 2.48 bits per heavy atom. The van der Waals surface area contributed by atoms with E-state index in [2.05, 4.69) is 0 Å². The molecule has 5 heteroatoms. The summed E-state index contributed by atoms with van der Waals surface area (Å²) < 4.78 is 17.6. The van der Waals surface area contributed by atoms with Crippen molar-refractivity contribution in [3.8, 4) is 23.0 Å². The molecule has 0 aliphatic carbocycles. The second-order valence-corrected chi connectivity index (χ2v) is 6.44. The molecule has 0 aromatic heterocycles. The standard InChI is InChI=1S/C20H21NO4/c1-12-14-11-23-20(22)17(14)13(7-3-2-6-10-21)19-18(12)24-15-8-4-5-9-16(15)25-19/h4-5,8-9H,2-3,6-7,10-11,21H2,1H3. The SMILES string of the molecule is Cc1c2c(c(CCCCCN)c3c1Oc1ccccc1O3)C(=O)OC2. The van der Waals surface area contributed by atoms with E-state index in [1.807, 2.05) is 31.2 Å². The lowest BCUT2D eigenvalue weighted by Crippen LogP contribution is -2.10. The maximum absolute atomic E-state index is 12.3. The third kappa shape index (κ3) is 2.65. The lowest BCUT2D eigenvalue weighted by Gasteiger charge is -2.26. The summed E-state index contributed by atoms with van der Waals surface area (Å²) in [6.07, 6.45) is 3.67. The van der Waals surface area contributed by atoms with Gasteiger partial charge in [-0.1, -0.05) is 18.6 Å². The van der Waals surface area contributed by atoms with Crippen molar-refractivity contribution in [3.63, 3.8) is 0 Å². The minimum Gasteiger partial charge on any atom is -0.457 e. The summed E-state index contributed by atoms with van der Waals surface area (Å²) in [7, 11) is 0. The van der Waals surface area contributed by atoms with Crippen molar-refractivity contribution in [2.45, 2.75) is 39.2 Å². The van der Waals surface area contributed by atoms with Crippen molar-refractivity contribution in [2.24, 2.45) is 5.73 Å². The number of esters is 1. The smallest absolute Gasteiger partial charge is 0.339 e. The van der Waals surface area contributed by atoms with Gasteiger partial charge in [-0.05, 0) is 44.9 Å². The number of cyclic esters (lactones) is 1. The Morgan fingerprint density at radius 1 is 1.04 bits per heavy atom. The molecular formula is C20H21NO4. The molecule has 2 heterocycles. The Balaban J connectivity index is 1.80. The third-order valence-electron chi connectivity index (χ3n) is 4.83. The zero-order valence-electron chi connectivity index (χ0n) is 14.3. The van der Waals surface area contributed by atoms with Crippen molar-refractivity contribution in [2.75, 3.05) is 6.54 Å². The molecule has 0 radical (unpaired) electrons. The van der Waals surface area contributed by atoms with Crippen LogP contribution in [-0.2, 0) is 17.8 Å². The van der Waals surface area contributed by atoms with Crippen LogP contribution in [0.15, 0.2) is 24.3 Å². The quantitative estimate of drug-likeness (QED) is 0.556. The van der Waals surface area contributed by atoms with E-state index in [-0.39, 0.29) is 5.97 Å². The van der Waals surface area contributed by atoms with Gasteiger partial charge in [0.05, 0.1) is 5.56 Å². The highest BCUT2D eigenvalue weighted by molar-refractivity contribution is 5.97. The highest BCUT2D eigenvalue weighted by atomic mass is 16.6. The minimum atomic E-state index is -0.266. The minimum absolute atomic E-state index is 0.266. The number of benzene rings is 2. The van der Waals surface area contributed by atoms with Crippen LogP contribution in [0.1, 0.15) is 46.3 Å². The highest BCUT2D eigenvalue weighted by Crippen LogP contribution is 2.52. The molecule has 2 aromatic carbocycles. The van der Waals surface area contributed by atoms with Gasteiger partial charge in [0.1, 0.15) is 6.61 Å². The second kappa shape index (κ2) is 6.41. The average molecular weight is 339 g/mol. The molecule has 0 spiro atoms. The Bertz CT molecular complexity index is 844. The molecule has 0 unspecified atom stereocenters. The van der Waals surface area contributed by atoms with Crippen LogP contribution in [0.5, 0.6) is 23.0 Å². The number of para-hydroxylation sites is 2. The molecule has 0 atom stereocenters. The highest BCUT2D eigenvalue weighted by Gasteiger charge is 2.35. The zero-order valence-corrected chi connectivity index (χ0v) is 14.3. The maximum Gasteiger partial charge on any atom is 0.339 e. The summed E-state index contributed by atoms with van der Waals surface area (Å²) in [6.45, 7) is 2.93. The largest absolute Gasteiger partial charge is 0.457 e. The molecular weight excluding hydrogens is 318 g/mol. The molecule has 25 heavy (non-hydrogen) atoms. The van der Waals surface area contributed by atoms with Gasteiger partial charge in [-0.25, -0.2) is 4.79 Å². The first kappa shape index (κ1) is 16.0. The first-order valence-electron chi connectivity index (χ1n) is 8.71. The Labute approximate surface area is 146 Å². The van der Waals surface area contributed by atoms with E-state index in [1.54, 1.807) is 0 Å². The van der Waals surface area contributed by atoms with Gasteiger partial charge < -0.3 is 19.9 Å². The Hall–Kier alpha value is -2.53. The fourth-order valence-corrected chi connectivity index (χ4v) is 3.50. The molecule has 130 valence electrons. The van der Waals surface area contributed by atoms with E-state index in [9.17, 15) is 4.79 Å². The van der Waals surface area contributed by atoms with E-state index in [0.29, 0.717) is 41.7 Å². The molecule has 0 saturated carbocycles. The van der Waals surface area contributed by atoms with Gasteiger partial charge in [0.2, 0.25) is 0 Å². The van der Waals surface area contributed by atoms with Crippen LogP contribution in [-0.4, -0.2) is 12.5 Å². The van der Waals surface area contributed by atoms with Crippen molar-refractivity contribution >= 4 is 5.97 Å². The fraction of sp³-hybridized carbons (Fsp3) is 0.350. The molecule has 2 aliphatic rings. The summed E-state index contributed by atoms with van der Waals surface area (Å²) in [4.78, 5) is 12.3. The number of hydrogen-bond acceptors (Lipinski definition) is 5. The Kier molecular flexibility index (Phi) is 4.09. The van der Waals surface area contributed by atoms with E-state index in [4.69, 9.17) is 19.9 Å². The number of ether oxygens (including phenoxy) is 3. The molecule has 0 bridgehead atoms. The molecule has 0 fully saturated rings. The number of rotatable bonds is 5. The average Bonchev–Trinajstić information content (AvgIpc) is 3.02. The first-order chi connectivity index (χ1) is 12.2. The normalized spacial score (nSPS) is 14.1. The number of carbonyl (C=O) groups is 1. The van der Waals surface area contributed by atoms with Crippen LogP contribution in [0.25, 0.3) is 0 Å². The van der Waals surface area contributed by atoms with Gasteiger partial charge in [-0.15, -0.1) is 0 Å². The molecule has 2 aromatic rings. The molecule has 0 amide bonds. The summed E-state index contributed by atoms with van der Waals surface area (Å²) in [5.74, 6) is 2.45. The van der Waals surface area contributed by atoms with Crippen molar-refractivity contribution in [1.29, 1.82) is 0 Å². The van der Waals surface area contributed by atoms with E-state index < -0.39 is 0 Å². The summed E-state index contributed by atoms with van der Waals surface area (Å²) >= 11 is 0. The number of nitrogens with two attached hydrogens (primary N) is 1. The van der Waals surface area contributed by atoms with Crippen molar-refractivity contribution in [1.82, 2.24) is 0 Å². The van der Waals surface area contributed by atoms with Gasteiger partial charge in [0.15, 0.2) is 23.0 Å². The van der Waals surface area contributed by atoms with Gasteiger partial charge in [-0.2, -0.15) is 0 Å². The van der Waals surface area contributed by atoms with Gasteiger partial charge in [0.25, 0.3) is 0 Å². The van der Waals surface area contributed by atoms with Gasteiger partial charge >= 0.3 is 5.97 Å². The zero-order chi connectivity index (χ0) is 17.4. The fourth-order valence-electron chi connectivity index (χ4n) is 3.50. The number of carbonyl (C=O) groups excluding carboxylic acids is 1. The number of hydrogen-bond donors (Lipinski definition) is 1. The van der Waals surface area contributed by atoms with E-state index in [1.165, 1.54) is 0 Å². The number of fused-ring (bicyclic) bond motifs is 3. The molecule has 0 saturated heterocycles. The van der Waals surface area contributed by atoms with Crippen molar-refractivity contribution < 1.29 is 19.0 Å². The van der Waals surface area contributed by atoms with E-state index in [0.717, 1.165) is 42.4 Å². The lowest BCUT2D eigenvalue weighted by atomic mass is 9.92. The van der Waals surface area contributed by atoms with Crippen LogP contribution >= 0.6 is 0 Å². The molecule has 4 rings (SSSR count). The first-order valence-corrected chi connectivity index (χ1v) is 8.71. The summed E-state index contributed by atoms with van der Waals surface area (Å²) in [5, 5.41) is 0. The van der Waals surface area contributed by atoms with Crippen LogP contribution in [0, 0.1) is 6.92 Å². The van der Waals surface area contributed by atoms with Gasteiger partial charge in [-0.3, -0.25) is 0 Å². The van der Waals surface area contributed by atoms with Crippen LogP contribution in [0.2, 0.25) is 0 Å². The van der Waals surface area contributed by atoms with Crippen LogP contribution in [0.4, 0.5) is 0 Å². The predicted octanol–water partition coefficient (Wildman–Crippen LogP) is 4.23. The Morgan fingerprint density at radius 2 is 1.76 bits per heavy atom. The number of unbranched alkanes of at least 4 members (excludes halogenated alkanes) is 2. The molecule has 2 N–H and O–H groups in total. The molecule has 5 nitrogen and oxygen atoms in total. The third-order valence-corrected chi connectivity index (χ3v) is 4.83. The maximum atomic E-state index is 12.3. The lowest BCUT2D eigenvalue weighted by molar-refractivity contribution is 0.0534. The molecule has 2 aliphatic heterocycles. The topological polar surface area (TPSA) is 70.8 Å². The predicted molar refractivity (Wildman–Crippen MR) is 93.5 cm³/mol. The van der Waals surface area contributed by atoms with Gasteiger partial charge in [0, 0.05) is 16.7 Å². The van der Waals surface area contributed by atoms with E-state index >= 15 is 0 Å². The second-order valence-electron chi connectivity index (χ2n) is 6.44. The summed E-state index contributed by atoms with van der Waals surface area (Å²) in [6, 6.07) is 7.57. The van der Waals surface area contributed by atoms with Crippen LogP contribution in [0.3, 0.4) is 0 Å². The van der Waals surface area contributed by atoms with Crippen LogP contribution < -0.4 is 15.2 Å². The van der Waals surface area contributed by atoms with Crippen molar-refractivity contribution in [3.05, 3.63) is 46.5 Å².